The number of carbonyl (C=O) groups excluding carboxylic acids is 6. The second-order valence-corrected chi connectivity index (χ2v) is 16.3. The van der Waals surface area contributed by atoms with Crippen molar-refractivity contribution in [1.29, 1.82) is 0 Å². The number of amides is 6. The van der Waals surface area contributed by atoms with Crippen molar-refractivity contribution in [2.24, 2.45) is 47.2 Å². The van der Waals surface area contributed by atoms with Gasteiger partial charge in [0, 0.05) is 0 Å². The molecule has 324 valence electrons. The molecule has 0 bridgehead atoms. The van der Waals surface area contributed by atoms with Crippen LogP contribution >= 0.6 is 0 Å². The van der Waals surface area contributed by atoms with Crippen LogP contribution in [0.1, 0.15) is 135 Å². The van der Waals surface area contributed by atoms with E-state index in [0.717, 1.165) is 0 Å². The van der Waals surface area contributed by atoms with Crippen molar-refractivity contribution < 1.29 is 38.7 Å². The van der Waals surface area contributed by atoms with Crippen LogP contribution in [0.3, 0.4) is 0 Å². The van der Waals surface area contributed by atoms with Crippen LogP contribution in [0.15, 0.2) is 0 Å². The smallest absolute Gasteiger partial charge is 0.326 e. The highest BCUT2D eigenvalue weighted by Gasteiger charge is 2.38. The molecule has 0 rings (SSSR count). The molecule has 0 aliphatic carbocycles. The average Bonchev–Trinajstić information content (AvgIpc) is 3.17. The molecule has 0 aliphatic heterocycles. The number of hydrogen-bond donors (Lipinski definition) is 8. The summed E-state index contributed by atoms with van der Waals surface area (Å²) in [6.07, 6.45) is 3.26. The molecule has 15 nitrogen and oxygen atoms in total. The van der Waals surface area contributed by atoms with Crippen molar-refractivity contribution in [2.45, 2.75) is 178 Å². The van der Waals surface area contributed by atoms with E-state index in [0.29, 0.717) is 38.5 Å². The van der Waals surface area contributed by atoms with Gasteiger partial charge in [0.15, 0.2) is 0 Å². The molecule has 0 saturated heterocycles. The first-order chi connectivity index (χ1) is 26.1. The van der Waals surface area contributed by atoms with Crippen molar-refractivity contribution in [3.8, 4) is 0 Å². The van der Waals surface area contributed by atoms with Crippen molar-refractivity contribution >= 4 is 41.4 Å². The summed E-state index contributed by atoms with van der Waals surface area (Å²) < 4.78 is 0. The summed E-state index contributed by atoms with van der Waals surface area (Å²) in [5.74, 6) is -6.90. The lowest BCUT2D eigenvalue weighted by Crippen LogP contribution is -2.63. The van der Waals surface area contributed by atoms with E-state index in [1.54, 1.807) is 41.5 Å². The van der Waals surface area contributed by atoms with Gasteiger partial charge < -0.3 is 42.7 Å². The van der Waals surface area contributed by atoms with Gasteiger partial charge in [-0.25, -0.2) is 4.79 Å². The molecule has 0 aromatic heterocycles. The van der Waals surface area contributed by atoms with E-state index in [4.69, 9.17) is 5.73 Å². The number of aliphatic carboxylic acids is 1. The van der Waals surface area contributed by atoms with Gasteiger partial charge in [-0.05, 0) is 41.4 Å². The first-order valence-corrected chi connectivity index (χ1v) is 20.9. The van der Waals surface area contributed by atoms with Crippen LogP contribution in [-0.4, -0.2) is 88.8 Å². The van der Waals surface area contributed by atoms with Crippen LogP contribution < -0.4 is 37.6 Å². The molecule has 0 heterocycles. The van der Waals surface area contributed by atoms with Gasteiger partial charge in [0.05, 0.1) is 6.04 Å². The van der Waals surface area contributed by atoms with E-state index in [1.807, 2.05) is 55.4 Å². The average molecular weight is 796 g/mol. The topological polar surface area (TPSA) is 238 Å². The molecule has 0 saturated carbocycles. The highest BCUT2D eigenvalue weighted by atomic mass is 16.4. The maximum atomic E-state index is 14.1. The zero-order valence-electron chi connectivity index (χ0n) is 36.7. The fraction of sp³-hybridized carbons (Fsp3) is 0.829. The lowest BCUT2D eigenvalue weighted by Gasteiger charge is -2.33. The zero-order valence-corrected chi connectivity index (χ0v) is 36.7. The molecule has 6 amide bonds. The van der Waals surface area contributed by atoms with E-state index < -0.39 is 89.6 Å². The van der Waals surface area contributed by atoms with Gasteiger partial charge in [-0.15, -0.1) is 0 Å². The van der Waals surface area contributed by atoms with E-state index in [1.165, 1.54) is 0 Å². The Morgan fingerprint density at radius 3 is 0.839 bits per heavy atom. The predicted molar refractivity (Wildman–Crippen MR) is 219 cm³/mol. The standard InChI is InChI=1S/C41H77N7O8/c1-15-22(9)28(42)35(49)44-30(23(10)16-2)37(51)43-29(21(7)8)36(50)45-31(24(11)17-3)38(52)46-32(25(12)18-4)39(53)47-33(26(13)19-5)40(54)48-34(41(55)56)27(14)20-6/h21-34H,15-20,42H2,1-14H3,(H,43,51)(H,44,49)(H,45,50)(H,46,52)(H,47,53)(H,48,54)(H,55,56)/t22-,23-,24-,25-,26-,27-,28-,29-,30-,31-,32-,33-,34-/m0/s1. The van der Waals surface area contributed by atoms with Gasteiger partial charge in [-0.3, -0.25) is 28.8 Å². The van der Waals surface area contributed by atoms with Crippen LogP contribution in [0.2, 0.25) is 0 Å². The minimum atomic E-state index is -1.17. The Labute approximate surface area is 336 Å². The fourth-order valence-corrected chi connectivity index (χ4v) is 6.00. The third-order valence-electron chi connectivity index (χ3n) is 11.8. The Balaban J connectivity index is 6.41. The van der Waals surface area contributed by atoms with Crippen molar-refractivity contribution in [3.63, 3.8) is 0 Å². The molecule has 9 N–H and O–H groups in total. The molecule has 0 aliphatic rings. The molecule has 0 spiro atoms. The van der Waals surface area contributed by atoms with Gasteiger partial charge in [-0.1, -0.05) is 135 Å². The Morgan fingerprint density at radius 1 is 0.375 bits per heavy atom. The van der Waals surface area contributed by atoms with Gasteiger partial charge in [0.1, 0.15) is 36.3 Å². The summed E-state index contributed by atoms with van der Waals surface area (Å²) in [6.45, 7) is 25.5. The molecule has 0 unspecified atom stereocenters. The number of carboxylic acid groups (broad SMARTS) is 1. The van der Waals surface area contributed by atoms with Crippen molar-refractivity contribution in [3.05, 3.63) is 0 Å². The molecule has 56 heavy (non-hydrogen) atoms. The number of carboxylic acids is 1. The number of rotatable bonds is 26. The molecular formula is C41H77N7O8. The summed E-state index contributed by atoms with van der Waals surface area (Å²) in [5, 5.41) is 26.4. The minimum Gasteiger partial charge on any atom is -0.480 e. The molecule has 0 fully saturated rings. The lowest BCUT2D eigenvalue weighted by atomic mass is 9.92. The second-order valence-electron chi connectivity index (χ2n) is 16.3. The monoisotopic (exact) mass is 796 g/mol. The van der Waals surface area contributed by atoms with Crippen LogP contribution in [0.4, 0.5) is 0 Å². The SMILES string of the molecule is CC[C@H](C)[C@H](N)C(=O)N[C@H](C(=O)N[C@H](C(=O)N[C@H](C(=O)N[C@H](C(=O)N[C@H](C(=O)N[C@H](C(=O)O)[C@@H](C)CC)[C@@H](C)CC)[C@@H](C)CC)[C@@H](C)CC)C(C)C)[C@@H](C)CC. The maximum absolute atomic E-state index is 14.1. The predicted octanol–water partition coefficient (Wildman–Crippen LogP) is 3.24. The van der Waals surface area contributed by atoms with Crippen LogP contribution in [0, 0.1) is 41.4 Å². The van der Waals surface area contributed by atoms with Gasteiger partial charge in [0.2, 0.25) is 35.4 Å². The number of nitrogens with two attached hydrogens (primary N) is 1. The van der Waals surface area contributed by atoms with Gasteiger partial charge in [0.25, 0.3) is 0 Å². The molecular weight excluding hydrogens is 718 g/mol. The quantitative estimate of drug-likeness (QED) is 0.0641. The van der Waals surface area contributed by atoms with Crippen molar-refractivity contribution in [1.82, 2.24) is 31.9 Å². The Bertz CT molecular complexity index is 1300. The third-order valence-corrected chi connectivity index (χ3v) is 11.8. The zero-order chi connectivity index (χ0) is 43.6. The molecule has 0 aromatic carbocycles. The van der Waals surface area contributed by atoms with E-state index in [2.05, 4.69) is 31.9 Å². The molecule has 0 radical (unpaired) electrons. The summed E-state index contributed by atoms with van der Waals surface area (Å²) in [5.41, 5.74) is 6.15. The van der Waals surface area contributed by atoms with E-state index >= 15 is 0 Å². The molecule has 0 aromatic rings. The maximum Gasteiger partial charge on any atom is 0.326 e. The Morgan fingerprint density at radius 2 is 0.589 bits per heavy atom. The first-order valence-electron chi connectivity index (χ1n) is 20.9. The largest absolute Gasteiger partial charge is 0.480 e. The fourth-order valence-electron chi connectivity index (χ4n) is 6.00. The highest BCUT2D eigenvalue weighted by molar-refractivity contribution is 5.97. The minimum absolute atomic E-state index is 0.105. The third kappa shape index (κ3) is 15.7. The van der Waals surface area contributed by atoms with Gasteiger partial charge in [-0.2, -0.15) is 0 Å². The van der Waals surface area contributed by atoms with Crippen LogP contribution in [0.5, 0.6) is 0 Å². The van der Waals surface area contributed by atoms with E-state index in [-0.39, 0.29) is 35.5 Å². The molecule has 15 heteroatoms. The first kappa shape index (κ1) is 52.2. The number of carbonyl (C=O) groups is 7. The normalized spacial score (nSPS) is 18.5. The second kappa shape index (κ2) is 25.5. The van der Waals surface area contributed by atoms with Crippen LogP contribution in [0.25, 0.3) is 0 Å². The summed E-state index contributed by atoms with van der Waals surface area (Å²) in [7, 11) is 0. The molecule has 13 atom stereocenters. The lowest BCUT2D eigenvalue weighted by molar-refractivity contribution is -0.144. The number of hydrogen-bond acceptors (Lipinski definition) is 8. The van der Waals surface area contributed by atoms with Crippen LogP contribution in [-0.2, 0) is 33.6 Å². The summed E-state index contributed by atoms with van der Waals surface area (Å²) in [4.78, 5) is 94.1. The highest BCUT2D eigenvalue weighted by Crippen LogP contribution is 2.17. The van der Waals surface area contributed by atoms with Crippen molar-refractivity contribution in [2.75, 3.05) is 0 Å². The van der Waals surface area contributed by atoms with E-state index in [9.17, 15) is 38.7 Å². The summed E-state index contributed by atoms with van der Waals surface area (Å²) >= 11 is 0. The Hall–Kier alpha value is -3.75. The summed E-state index contributed by atoms with van der Waals surface area (Å²) in [6, 6.07) is -7.23. The number of nitrogens with one attached hydrogen (secondary N) is 6. The Kier molecular flexibility index (Phi) is 23.8. The van der Waals surface area contributed by atoms with Gasteiger partial charge >= 0.3 is 5.97 Å².